The van der Waals surface area contributed by atoms with Gasteiger partial charge in [0.25, 0.3) is 5.56 Å². The van der Waals surface area contributed by atoms with Crippen LogP contribution in [0, 0.1) is 18.6 Å². The van der Waals surface area contributed by atoms with Crippen LogP contribution < -0.4 is 16.2 Å². The third-order valence-electron chi connectivity index (χ3n) is 4.85. The Labute approximate surface area is 227 Å². The van der Waals surface area contributed by atoms with Crippen molar-refractivity contribution in [1.82, 2.24) is 15.3 Å². The quantitative estimate of drug-likeness (QED) is 0.371. The number of nitrogens with zero attached hydrogens (tertiary/aromatic N) is 1. The number of halogens is 2. The highest BCUT2D eigenvalue weighted by Crippen LogP contribution is 2.24. The van der Waals surface area contributed by atoms with Crippen LogP contribution in [0.3, 0.4) is 0 Å². The van der Waals surface area contributed by atoms with Crippen molar-refractivity contribution < 1.29 is 27.8 Å². The Hall–Kier alpha value is -4.12. The van der Waals surface area contributed by atoms with Crippen LogP contribution in [0.5, 0.6) is 0 Å². The molecule has 212 valence electrons. The minimum atomic E-state index is -0.565. The van der Waals surface area contributed by atoms with E-state index in [1.165, 1.54) is 12.1 Å². The monoisotopic (exact) mass is 546 g/mol. The number of H-pyrrole nitrogens is 1. The average molecular weight is 547 g/mol. The van der Waals surface area contributed by atoms with E-state index in [0.717, 1.165) is 11.8 Å². The van der Waals surface area contributed by atoms with E-state index >= 15 is 0 Å². The first-order chi connectivity index (χ1) is 18.4. The summed E-state index contributed by atoms with van der Waals surface area (Å²) in [6.45, 7) is 7.29. The van der Waals surface area contributed by atoms with Gasteiger partial charge < -0.3 is 29.9 Å². The molecule has 0 fully saturated rings. The topological polar surface area (TPSA) is 122 Å². The van der Waals surface area contributed by atoms with Crippen LogP contribution in [0.2, 0.25) is 0 Å². The summed E-state index contributed by atoms with van der Waals surface area (Å²) in [5.74, 6) is -0.290. The molecular weight excluding hydrogens is 510 g/mol. The van der Waals surface area contributed by atoms with Gasteiger partial charge in [-0.05, 0) is 63.1 Å². The summed E-state index contributed by atoms with van der Waals surface area (Å²) in [6, 6.07) is 11.5. The Balaban J connectivity index is 0.000000335. The fraction of sp³-hybridized carbons (Fsp3) is 0.357. The maximum absolute atomic E-state index is 13.4. The highest BCUT2D eigenvalue weighted by molar-refractivity contribution is 5.71. The maximum atomic E-state index is 13.4. The first kappa shape index (κ1) is 32.9. The standard InChI is InChI=1S/C14H16FN3O2.C7H7F.C7H13NO3/c1-16-13-5-9(3-4-17-13)12(8-20-2)11-6-10(15)7-18-14(11)19;1-6-4-2-3-5-7(6)8;1-7(2,3)11-6(10)8-4-5-9/h3-7,12H,8H2,1-2H3,(H,16,17)(H,18,19);2-5H,1H3;5H,4H2,1-3H3,(H,8,10). The molecule has 3 rings (SSSR count). The molecule has 1 unspecified atom stereocenters. The number of aldehydes is 1. The molecule has 1 aromatic carbocycles. The van der Waals surface area contributed by atoms with Crippen LogP contribution in [0.1, 0.15) is 43.4 Å². The van der Waals surface area contributed by atoms with E-state index in [-0.39, 0.29) is 30.4 Å². The Bertz CT molecular complexity index is 1220. The number of pyridine rings is 2. The molecule has 0 aliphatic heterocycles. The van der Waals surface area contributed by atoms with Gasteiger partial charge in [0.05, 0.1) is 13.2 Å². The van der Waals surface area contributed by atoms with Gasteiger partial charge in [-0.25, -0.2) is 18.6 Å². The zero-order valence-electron chi connectivity index (χ0n) is 23.0. The molecule has 9 nitrogen and oxygen atoms in total. The number of aryl methyl sites for hydroxylation is 1. The summed E-state index contributed by atoms with van der Waals surface area (Å²) in [5.41, 5.74) is 1.04. The summed E-state index contributed by atoms with van der Waals surface area (Å²) in [7, 11) is 3.30. The molecule has 2 aromatic heterocycles. The smallest absolute Gasteiger partial charge is 0.408 e. The number of amides is 1. The molecule has 11 heteroatoms. The number of carbonyl (C=O) groups excluding carboxylic acids is 2. The van der Waals surface area contributed by atoms with Crippen molar-refractivity contribution in [3.8, 4) is 0 Å². The number of hydrogen-bond donors (Lipinski definition) is 3. The molecule has 0 bridgehead atoms. The summed E-state index contributed by atoms with van der Waals surface area (Å²) >= 11 is 0. The van der Waals surface area contributed by atoms with Crippen molar-refractivity contribution in [3.05, 3.63) is 93.5 Å². The van der Waals surface area contributed by atoms with Gasteiger partial charge in [0.1, 0.15) is 29.3 Å². The van der Waals surface area contributed by atoms with E-state index in [9.17, 15) is 23.2 Å². The molecule has 3 N–H and O–H groups in total. The van der Waals surface area contributed by atoms with Crippen molar-refractivity contribution in [1.29, 1.82) is 0 Å². The second kappa shape index (κ2) is 16.7. The Morgan fingerprint density at radius 3 is 2.41 bits per heavy atom. The molecule has 39 heavy (non-hydrogen) atoms. The number of alkyl carbamates (subject to hydrolysis) is 1. The molecule has 0 spiro atoms. The highest BCUT2D eigenvalue weighted by Gasteiger charge is 2.19. The Kier molecular flexibility index (Phi) is 14.1. The van der Waals surface area contributed by atoms with Crippen molar-refractivity contribution in [2.24, 2.45) is 0 Å². The first-order valence-electron chi connectivity index (χ1n) is 12.0. The second-order valence-corrected chi connectivity index (χ2v) is 9.13. The number of hydrogen-bond acceptors (Lipinski definition) is 7. The van der Waals surface area contributed by atoms with E-state index in [1.807, 2.05) is 12.1 Å². The SMILES string of the molecule is CC(C)(C)OC(=O)NCC=O.CNc1cc(C(COC)c2cc(F)c[nH]c2=O)ccn1.Cc1ccccc1F. The van der Waals surface area contributed by atoms with Crippen LogP contribution in [-0.4, -0.2) is 55.3 Å². The van der Waals surface area contributed by atoms with E-state index in [1.54, 1.807) is 66.2 Å². The van der Waals surface area contributed by atoms with Gasteiger partial charge in [-0.15, -0.1) is 0 Å². The number of carbonyl (C=O) groups is 2. The average Bonchev–Trinajstić information content (AvgIpc) is 2.89. The number of benzene rings is 1. The third-order valence-corrected chi connectivity index (χ3v) is 4.85. The number of methoxy groups -OCH3 is 1. The highest BCUT2D eigenvalue weighted by atomic mass is 19.1. The van der Waals surface area contributed by atoms with E-state index < -0.39 is 17.5 Å². The predicted molar refractivity (Wildman–Crippen MR) is 146 cm³/mol. The number of anilines is 1. The number of rotatable bonds is 7. The van der Waals surface area contributed by atoms with Gasteiger partial charge in [-0.1, -0.05) is 18.2 Å². The lowest BCUT2D eigenvalue weighted by Crippen LogP contribution is -2.33. The molecule has 3 aromatic rings. The van der Waals surface area contributed by atoms with Gasteiger partial charge in [0.15, 0.2) is 0 Å². The molecule has 0 aliphatic carbocycles. The number of aromatic nitrogens is 2. The van der Waals surface area contributed by atoms with E-state index in [2.05, 4.69) is 20.6 Å². The third kappa shape index (κ3) is 12.8. The summed E-state index contributed by atoms with van der Waals surface area (Å²) in [6.07, 6.45) is 2.72. The van der Waals surface area contributed by atoms with Crippen molar-refractivity contribution in [3.63, 3.8) is 0 Å². The van der Waals surface area contributed by atoms with Gasteiger partial charge in [-0.2, -0.15) is 0 Å². The van der Waals surface area contributed by atoms with E-state index in [0.29, 0.717) is 23.2 Å². The molecular formula is C28H36F2N4O5. The van der Waals surface area contributed by atoms with Crippen molar-refractivity contribution in [2.45, 2.75) is 39.2 Å². The maximum Gasteiger partial charge on any atom is 0.408 e. The second-order valence-electron chi connectivity index (χ2n) is 9.13. The lowest BCUT2D eigenvalue weighted by atomic mass is 9.93. The molecule has 0 saturated heterocycles. The minimum Gasteiger partial charge on any atom is -0.444 e. The molecule has 0 saturated carbocycles. The van der Waals surface area contributed by atoms with E-state index in [4.69, 9.17) is 9.47 Å². The fourth-order valence-corrected chi connectivity index (χ4v) is 3.06. The summed E-state index contributed by atoms with van der Waals surface area (Å²) in [4.78, 5) is 38.9. The Morgan fingerprint density at radius 2 is 1.87 bits per heavy atom. The van der Waals surface area contributed by atoms with Crippen LogP contribution in [-0.2, 0) is 14.3 Å². The lowest BCUT2D eigenvalue weighted by Gasteiger charge is -2.18. The van der Waals surface area contributed by atoms with Gasteiger partial charge >= 0.3 is 6.09 Å². The summed E-state index contributed by atoms with van der Waals surface area (Å²) in [5, 5.41) is 5.19. The van der Waals surface area contributed by atoms with Crippen LogP contribution in [0.25, 0.3) is 0 Å². The largest absolute Gasteiger partial charge is 0.444 e. The molecule has 2 heterocycles. The summed E-state index contributed by atoms with van der Waals surface area (Å²) < 4.78 is 35.7. The van der Waals surface area contributed by atoms with Crippen LogP contribution >= 0.6 is 0 Å². The zero-order chi connectivity index (χ0) is 29.4. The zero-order valence-corrected chi connectivity index (χ0v) is 23.0. The normalized spacial score (nSPS) is 11.1. The number of aromatic amines is 1. The number of nitrogens with one attached hydrogen (secondary N) is 3. The van der Waals surface area contributed by atoms with Crippen LogP contribution in [0.15, 0.2) is 59.7 Å². The van der Waals surface area contributed by atoms with Crippen molar-refractivity contribution >= 4 is 18.2 Å². The number of ether oxygens (including phenoxy) is 2. The molecule has 1 amide bonds. The molecule has 0 aliphatic rings. The molecule has 1 atom stereocenters. The van der Waals surface area contributed by atoms with Gasteiger partial charge in [-0.3, -0.25) is 4.79 Å². The lowest BCUT2D eigenvalue weighted by molar-refractivity contribution is -0.107. The van der Waals surface area contributed by atoms with Gasteiger partial charge in [0.2, 0.25) is 0 Å². The first-order valence-corrected chi connectivity index (χ1v) is 12.0. The predicted octanol–water partition coefficient (Wildman–Crippen LogP) is 4.57. The fourth-order valence-electron chi connectivity index (χ4n) is 3.06. The van der Waals surface area contributed by atoms with Gasteiger partial charge in [0, 0.05) is 38.0 Å². The Morgan fingerprint density at radius 1 is 1.18 bits per heavy atom. The van der Waals surface area contributed by atoms with Crippen LogP contribution in [0.4, 0.5) is 19.4 Å². The molecule has 0 radical (unpaired) electrons. The van der Waals surface area contributed by atoms with Crippen molar-refractivity contribution in [2.75, 3.05) is 32.6 Å². The minimum absolute atomic E-state index is 0.00505.